The predicted octanol–water partition coefficient (Wildman–Crippen LogP) is 3.86. The highest BCUT2D eigenvalue weighted by Gasteiger charge is 2.26. The van der Waals surface area contributed by atoms with E-state index in [2.05, 4.69) is 39.3 Å². The second-order valence-electron chi connectivity index (χ2n) is 7.94. The minimum absolute atomic E-state index is 0.167. The molecule has 0 spiro atoms. The van der Waals surface area contributed by atoms with E-state index in [1.54, 1.807) is 0 Å². The van der Waals surface area contributed by atoms with Gasteiger partial charge in [-0.1, -0.05) is 38.1 Å². The number of hydrogen-bond acceptors (Lipinski definition) is 3. The molecule has 0 unspecified atom stereocenters. The summed E-state index contributed by atoms with van der Waals surface area (Å²) in [6, 6.07) is 1.36. The van der Waals surface area contributed by atoms with Crippen LogP contribution < -0.4 is 5.73 Å². The van der Waals surface area contributed by atoms with Crippen LogP contribution in [-0.2, 0) is 8.85 Å². The Morgan fingerprint density at radius 3 is 1.62 bits per heavy atom. The molecule has 0 amide bonds. The molecule has 6 heteroatoms. The summed E-state index contributed by atoms with van der Waals surface area (Å²) in [4.78, 5) is 0. The molecule has 0 aliphatic rings. The molecule has 3 nitrogen and oxygen atoms in total. The average Bonchev–Trinajstić information content (AvgIpc) is 2.28. The van der Waals surface area contributed by atoms with Crippen molar-refractivity contribution in [3.05, 3.63) is 0 Å². The van der Waals surface area contributed by atoms with Crippen LogP contribution in [-0.4, -0.2) is 38.6 Å². The molecule has 0 aromatic rings. The van der Waals surface area contributed by atoms with Crippen molar-refractivity contribution >= 4 is 26.2 Å². The fourth-order valence-electron chi connectivity index (χ4n) is 2.27. The zero-order valence-electron chi connectivity index (χ0n) is 15.3. The molecule has 0 saturated heterocycles. The van der Waals surface area contributed by atoms with Gasteiger partial charge in [-0.25, -0.2) is 0 Å². The molecule has 0 aliphatic heterocycles. The Bertz CT molecular complexity index is 236. The largest absolute Gasteiger partial charge is 0.398 e. The molecule has 128 valence electrons. The van der Waals surface area contributed by atoms with Crippen molar-refractivity contribution in [1.82, 2.24) is 0 Å². The van der Waals surface area contributed by atoms with Gasteiger partial charge in [0, 0.05) is 0 Å². The zero-order chi connectivity index (χ0) is 16.4. The van der Waals surface area contributed by atoms with Crippen LogP contribution in [0.25, 0.3) is 0 Å². The topological polar surface area (TPSA) is 44.5 Å². The van der Waals surface area contributed by atoms with Crippen molar-refractivity contribution in [1.29, 1.82) is 0 Å². The van der Waals surface area contributed by atoms with Crippen molar-refractivity contribution in [2.75, 3.05) is 6.54 Å². The first-order valence-corrected chi connectivity index (χ1v) is 17.3. The number of nitrogens with two attached hydrogens (primary N) is 1. The van der Waals surface area contributed by atoms with Crippen molar-refractivity contribution in [3.63, 3.8) is 0 Å². The third-order valence-electron chi connectivity index (χ3n) is 3.11. The lowest BCUT2D eigenvalue weighted by Gasteiger charge is -2.31. The van der Waals surface area contributed by atoms with E-state index in [1.165, 1.54) is 44.6 Å². The maximum absolute atomic E-state index is 6.27. The minimum atomic E-state index is -1.49. The van der Waals surface area contributed by atoms with Crippen LogP contribution in [0.5, 0.6) is 0 Å². The second-order valence-corrected chi connectivity index (χ2v) is 18.8. The van der Waals surface area contributed by atoms with Crippen LogP contribution in [0.3, 0.4) is 0 Å². The first-order valence-electron chi connectivity index (χ1n) is 8.70. The van der Waals surface area contributed by atoms with Gasteiger partial charge in [0.1, 0.15) is 5.91 Å². The summed E-state index contributed by atoms with van der Waals surface area (Å²) in [5.74, 6) is 0.167. The highest BCUT2D eigenvalue weighted by molar-refractivity contribution is 6.71. The van der Waals surface area contributed by atoms with Crippen LogP contribution >= 0.6 is 0 Å². The number of rotatable bonds is 13. The predicted molar refractivity (Wildman–Crippen MR) is 103 cm³/mol. The summed E-state index contributed by atoms with van der Waals surface area (Å²) >= 11 is 0. The van der Waals surface area contributed by atoms with Gasteiger partial charge in [-0.2, -0.15) is 0 Å². The third kappa shape index (κ3) is 16.7. The number of unbranched alkanes of at least 4 members (excludes halogenated alkanes) is 5. The van der Waals surface area contributed by atoms with Crippen molar-refractivity contribution in [3.8, 4) is 0 Å². The summed E-state index contributed by atoms with van der Waals surface area (Å²) in [6.45, 7) is 14.4. The molecule has 0 rings (SSSR count). The van der Waals surface area contributed by atoms with E-state index in [4.69, 9.17) is 14.6 Å². The Balaban J connectivity index is 3.86. The van der Waals surface area contributed by atoms with Gasteiger partial charge in [0.15, 0.2) is 16.6 Å². The normalized spacial score (nSPS) is 13.7. The fraction of sp³-hybridized carbons (Fsp3) is 1.00. The second kappa shape index (κ2) is 11.1. The Kier molecular flexibility index (Phi) is 11.4. The van der Waals surface area contributed by atoms with Gasteiger partial charge in [-0.05, 0) is 52.2 Å². The zero-order valence-corrected chi connectivity index (χ0v) is 18.7. The van der Waals surface area contributed by atoms with Crippen LogP contribution in [0.15, 0.2) is 0 Å². The van der Waals surface area contributed by atoms with Gasteiger partial charge in [0.2, 0.25) is 0 Å². The van der Waals surface area contributed by atoms with Crippen LogP contribution in [0.2, 0.25) is 45.3 Å². The Labute approximate surface area is 137 Å². The fourth-order valence-corrected chi connectivity index (χ4v) is 8.96. The summed E-state index contributed by atoms with van der Waals surface area (Å²) in [6.07, 6.45) is 7.92. The molecule has 0 saturated carbocycles. The lowest BCUT2D eigenvalue weighted by Crippen LogP contribution is -2.42. The van der Waals surface area contributed by atoms with Crippen molar-refractivity contribution in [2.24, 2.45) is 5.73 Å². The maximum Gasteiger partial charge on any atom is 0.186 e. The highest BCUT2D eigenvalue weighted by atomic mass is 28.4. The van der Waals surface area contributed by atoms with E-state index in [9.17, 15) is 0 Å². The van der Waals surface area contributed by atoms with Gasteiger partial charge in [0.05, 0.1) is 9.52 Å². The van der Waals surface area contributed by atoms with Crippen molar-refractivity contribution in [2.45, 2.75) is 89.8 Å². The van der Waals surface area contributed by atoms with E-state index >= 15 is 0 Å². The Hall–Kier alpha value is 0.531. The van der Waals surface area contributed by atoms with Crippen LogP contribution in [0, 0.1) is 0 Å². The molecule has 0 radical (unpaired) electrons. The van der Waals surface area contributed by atoms with E-state index in [1.807, 2.05) is 0 Å². The quantitative estimate of drug-likeness (QED) is 0.312. The lowest BCUT2D eigenvalue weighted by atomic mass is 10.1. The van der Waals surface area contributed by atoms with Gasteiger partial charge in [-0.15, -0.1) is 0 Å². The molecule has 0 heterocycles. The Morgan fingerprint density at radius 1 is 0.762 bits per heavy atom. The summed E-state index contributed by atoms with van der Waals surface area (Å²) in [5.41, 5.74) is 5.51. The van der Waals surface area contributed by atoms with Gasteiger partial charge >= 0.3 is 0 Å². The first kappa shape index (κ1) is 21.5. The van der Waals surface area contributed by atoms with Crippen molar-refractivity contribution < 1.29 is 8.85 Å². The monoisotopic (exact) mass is 349 g/mol. The molecule has 0 atom stereocenters. The molecule has 21 heavy (non-hydrogen) atoms. The number of hydrogen-bond donors (Lipinski definition) is 1. The summed E-state index contributed by atoms with van der Waals surface area (Å²) in [7, 11) is -3.25. The maximum atomic E-state index is 6.27. The van der Waals surface area contributed by atoms with E-state index < -0.39 is 16.6 Å². The van der Waals surface area contributed by atoms with Gasteiger partial charge in [-0.3, -0.25) is 0 Å². The van der Waals surface area contributed by atoms with E-state index in [0.717, 1.165) is 6.54 Å². The lowest BCUT2D eigenvalue weighted by molar-refractivity contribution is 0.0604. The van der Waals surface area contributed by atoms with Gasteiger partial charge < -0.3 is 14.6 Å². The Morgan fingerprint density at radius 2 is 1.19 bits per heavy atom. The van der Waals surface area contributed by atoms with E-state index in [0.29, 0.717) is 0 Å². The molecular weight excluding hydrogens is 310 g/mol. The molecular formula is C15H39NO2Si3. The first-order chi connectivity index (χ1) is 9.64. The molecule has 0 bridgehead atoms. The summed E-state index contributed by atoms with van der Waals surface area (Å²) in [5, 5.41) is 0. The minimum Gasteiger partial charge on any atom is -0.398 e. The molecule has 0 aromatic heterocycles. The SMILES string of the molecule is C[Si](C)(C)OC(O[Si](C)(C)C)[SiH2]CCCCCCCCN. The molecule has 0 aliphatic carbocycles. The third-order valence-corrected chi connectivity index (χ3v) is 7.43. The van der Waals surface area contributed by atoms with Gasteiger partial charge in [0.25, 0.3) is 0 Å². The molecule has 0 aromatic carbocycles. The smallest absolute Gasteiger partial charge is 0.186 e. The molecule has 2 N–H and O–H groups in total. The van der Waals surface area contributed by atoms with Crippen LogP contribution in [0.4, 0.5) is 0 Å². The highest BCUT2D eigenvalue weighted by Crippen LogP contribution is 2.15. The molecule has 0 fully saturated rings. The standard InChI is InChI=1S/C15H39NO2Si3/c1-20(2,3)17-15(18-21(4,5)6)19-14-12-10-8-7-9-11-13-16/h15H,7-14,16,19H2,1-6H3. The van der Waals surface area contributed by atoms with Crippen LogP contribution in [0.1, 0.15) is 38.5 Å². The summed E-state index contributed by atoms with van der Waals surface area (Å²) < 4.78 is 12.5. The van der Waals surface area contributed by atoms with E-state index in [-0.39, 0.29) is 15.4 Å². The average molecular weight is 350 g/mol.